The third-order valence-corrected chi connectivity index (χ3v) is 3.52. The average molecular weight is 227 g/mol. The van der Waals surface area contributed by atoms with Gasteiger partial charge in [0.1, 0.15) is 0 Å². The summed E-state index contributed by atoms with van der Waals surface area (Å²) >= 11 is 0. The molecule has 1 unspecified atom stereocenters. The molecule has 0 bridgehead atoms. The molecule has 0 aromatic rings. The lowest BCUT2D eigenvalue weighted by molar-refractivity contribution is 0.252. The van der Waals surface area contributed by atoms with Gasteiger partial charge in [0.2, 0.25) is 0 Å². The topological polar surface area (TPSA) is 12.0 Å². The van der Waals surface area contributed by atoms with E-state index in [-0.39, 0.29) is 0 Å². The van der Waals surface area contributed by atoms with E-state index < -0.39 is 0 Å². The Morgan fingerprint density at radius 3 is 2.12 bits per heavy atom. The first-order chi connectivity index (χ1) is 7.39. The molecule has 0 aliphatic heterocycles. The Morgan fingerprint density at radius 2 is 1.69 bits per heavy atom. The van der Waals surface area contributed by atoms with Crippen LogP contribution < -0.4 is 5.32 Å². The van der Waals surface area contributed by atoms with Crippen LogP contribution in [0.4, 0.5) is 0 Å². The van der Waals surface area contributed by atoms with E-state index in [1.807, 2.05) is 0 Å². The van der Waals surface area contributed by atoms with Crippen molar-refractivity contribution in [2.75, 3.05) is 13.1 Å². The number of hydrogen-bond donors (Lipinski definition) is 1. The Labute approximate surface area is 103 Å². The highest BCUT2D eigenvalue weighted by Crippen LogP contribution is 2.28. The Hall–Kier alpha value is -0.0400. The normalized spacial score (nSPS) is 15.8. The SMILES string of the molecule is CCC(C)(CCCC(C)C)CNCC(C)C. The summed E-state index contributed by atoms with van der Waals surface area (Å²) in [5.41, 5.74) is 0.504. The van der Waals surface area contributed by atoms with Gasteiger partial charge in [0.25, 0.3) is 0 Å². The predicted molar refractivity (Wildman–Crippen MR) is 74.8 cm³/mol. The first-order valence-electron chi connectivity index (χ1n) is 7.10. The fraction of sp³-hybridized carbons (Fsp3) is 1.00. The van der Waals surface area contributed by atoms with E-state index in [0.717, 1.165) is 18.4 Å². The van der Waals surface area contributed by atoms with Crippen molar-refractivity contribution in [2.24, 2.45) is 17.3 Å². The molecule has 0 aliphatic carbocycles. The van der Waals surface area contributed by atoms with Crippen LogP contribution in [0.1, 0.15) is 67.2 Å². The van der Waals surface area contributed by atoms with E-state index in [9.17, 15) is 0 Å². The van der Waals surface area contributed by atoms with Crippen molar-refractivity contribution in [1.82, 2.24) is 5.32 Å². The third kappa shape index (κ3) is 8.15. The van der Waals surface area contributed by atoms with Crippen LogP contribution in [-0.2, 0) is 0 Å². The second kappa shape index (κ2) is 8.11. The monoisotopic (exact) mass is 227 g/mol. The molecule has 0 fully saturated rings. The van der Waals surface area contributed by atoms with Gasteiger partial charge in [-0.25, -0.2) is 0 Å². The van der Waals surface area contributed by atoms with E-state index in [4.69, 9.17) is 0 Å². The molecule has 16 heavy (non-hydrogen) atoms. The molecular weight excluding hydrogens is 194 g/mol. The van der Waals surface area contributed by atoms with Gasteiger partial charge in [-0.2, -0.15) is 0 Å². The second-order valence-electron chi connectivity index (χ2n) is 6.48. The smallest absolute Gasteiger partial charge is 0.000517 e. The summed E-state index contributed by atoms with van der Waals surface area (Å²) in [5.74, 6) is 1.61. The molecule has 98 valence electrons. The van der Waals surface area contributed by atoms with Gasteiger partial charge < -0.3 is 5.32 Å². The molecule has 0 spiro atoms. The van der Waals surface area contributed by atoms with Crippen LogP contribution in [0.15, 0.2) is 0 Å². The zero-order chi connectivity index (χ0) is 12.6. The molecule has 0 aromatic heterocycles. The zero-order valence-corrected chi connectivity index (χ0v) is 12.4. The fourth-order valence-corrected chi connectivity index (χ4v) is 1.99. The van der Waals surface area contributed by atoms with Crippen LogP contribution in [0.25, 0.3) is 0 Å². The van der Waals surface area contributed by atoms with E-state index in [1.165, 1.54) is 32.2 Å². The second-order valence-corrected chi connectivity index (χ2v) is 6.48. The summed E-state index contributed by atoms with van der Waals surface area (Å²) < 4.78 is 0. The van der Waals surface area contributed by atoms with Crippen molar-refractivity contribution in [1.29, 1.82) is 0 Å². The molecule has 0 saturated heterocycles. The van der Waals surface area contributed by atoms with E-state index in [2.05, 4.69) is 46.9 Å². The molecule has 0 aliphatic rings. The van der Waals surface area contributed by atoms with Crippen LogP contribution in [0.3, 0.4) is 0 Å². The van der Waals surface area contributed by atoms with Crippen LogP contribution >= 0.6 is 0 Å². The Bertz CT molecular complexity index is 147. The highest BCUT2D eigenvalue weighted by atomic mass is 14.9. The van der Waals surface area contributed by atoms with Gasteiger partial charge in [-0.1, -0.05) is 54.4 Å². The minimum Gasteiger partial charge on any atom is -0.316 e. The molecule has 1 heteroatoms. The standard InChI is InChI=1S/C15H33N/c1-7-15(6,10-8-9-13(2)3)12-16-11-14(4)5/h13-14,16H,7-12H2,1-6H3. The highest BCUT2D eigenvalue weighted by molar-refractivity contribution is 4.75. The maximum Gasteiger partial charge on any atom is 0.000517 e. The van der Waals surface area contributed by atoms with Gasteiger partial charge in [-0.15, -0.1) is 0 Å². The van der Waals surface area contributed by atoms with Gasteiger partial charge in [0.05, 0.1) is 0 Å². The van der Waals surface area contributed by atoms with Crippen molar-refractivity contribution >= 4 is 0 Å². The number of hydrogen-bond acceptors (Lipinski definition) is 1. The third-order valence-electron chi connectivity index (χ3n) is 3.52. The summed E-state index contributed by atoms with van der Waals surface area (Å²) in [5, 5.41) is 3.61. The summed E-state index contributed by atoms with van der Waals surface area (Å²) in [7, 11) is 0. The minimum atomic E-state index is 0.504. The van der Waals surface area contributed by atoms with Crippen LogP contribution in [-0.4, -0.2) is 13.1 Å². The van der Waals surface area contributed by atoms with Crippen LogP contribution in [0, 0.1) is 17.3 Å². The van der Waals surface area contributed by atoms with Crippen molar-refractivity contribution in [2.45, 2.75) is 67.2 Å². The molecule has 1 nitrogen and oxygen atoms in total. The number of rotatable bonds is 9. The molecule has 0 rings (SSSR count). The highest BCUT2D eigenvalue weighted by Gasteiger charge is 2.21. The van der Waals surface area contributed by atoms with Gasteiger partial charge in [0, 0.05) is 6.54 Å². The maximum absolute atomic E-state index is 3.61. The van der Waals surface area contributed by atoms with Gasteiger partial charge in [0.15, 0.2) is 0 Å². The molecule has 0 saturated carbocycles. The van der Waals surface area contributed by atoms with Gasteiger partial charge in [-0.3, -0.25) is 0 Å². The van der Waals surface area contributed by atoms with Crippen molar-refractivity contribution in [3.8, 4) is 0 Å². The Morgan fingerprint density at radius 1 is 1.06 bits per heavy atom. The van der Waals surface area contributed by atoms with E-state index >= 15 is 0 Å². The van der Waals surface area contributed by atoms with Gasteiger partial charge >= 0.3 is 0 Å². The average Bonchev–Trinajstić information content (AvgIpc) is 2.16. The van der Waals surface area contributed by atoms with E-state index in [0.29, 0.717) is 5.41 Å². The van der Waals surface area contributed by atoms with Crippen molar-refractivity contribution < 1.29 is 0 Å². The lowest BCUT2D eigenvalue weighted by Gasteiger charge is -2.29. The quantitative estimate of drug-likeness (QED) is 0.612. The zero-order valence-electron chi connectivity index (χ0n) is 12.4. The maximum atomic E-state index is 3.61. The summed E-state index contributed by atoms with van der Waals surface area (Å²) in [6.45, 7) is 16.3. The lowest BCUT2D eigenvalue weighted by Crippen LogP contribution is -2.33. The summed E-state index contributed by atoms with van der Waals surface area (Å²) in [6.07, 6.45) is 5.41. The molecule has 1 atom stereocenters. The first-order valence-corrected chi connectivity index (χ1v) is 7.10. The molecule has 0 amide bonds. The van der Waals surface area contributed by atoms with Crippen LogP contribution in [0.2, 0.25) is 0 Å². The Balaban J connectivity index is 3.81. The lowest BCUT2D eigenvalue weighted by atomic mass is 9.81. The number of nitrogens with one attached hydrogen (secondary N) is 1. The fourth-order valence-electron chi connectivity index (χ4n) is 1.99. The first kappa shape index (κ1) is 16.0. The van der Waals surface area contributed by atoms with Crippen molar-refractivity contribution in [3.63, 3.8) is 0 Å². The van der Waals surface area contributed by atoms with E-state index in [1.54, 1.807) is 0 Å². The largest absolute Gasteiger partial charge is 0.316 e. The minimum absolute atomic E-state index is 0.504. The Kier molecular flexibility index (Phi) is 8.09. The molecule has 0 radical (unpaired) electrons. The molecule has 0 heterocycles. The molecular formula is C15H33N. The predicted octanol–water partition coefficient (Wildman–Crippen LogP) is 4.47. The summed E-state index contributed by atoms with van der Waals surface area (Å²) in [6, 6.07) is 0. The summed E-state index contributed by atoms with van der Waals surface area (Å²) in [4.78, 5) is 0. The van der Waals surface area contributed by atoms with Gasteiger partial charge in [-0.05, 0) is 36.6 Å². The van der Waals surface area contributed by atoms with Crippen LogP contribution in [0.5, 0.6) is 0 Å². The van der Waals surface area contributed by atoms with Crippen molar-refractivity contribution in [3.05, 3.63) is 0 Å². The molecule has 0 aromatic carbocycles. The molecule has 1 N–H and O–H groups in total.